The molecule has 1 aromatic carbocycles. The highest BCUT2D eigenvalue weighted by Gasteiger charge is 2.04. The summed E-state index contributed by atoms with van der Waals surface area (Å²) in [6, 6.07) is 9.23. The SMILES string of the molecule is CN(C)C(=O)c1ccccc1.COC(C)OC. The number of rotatable bonds is 3. The largest absolute Gasteiger partial charge is 0.356 e. The maximum absolute atomic E-state index is 11.3. The fourth-order valence-corrected chi connectivity index (χ4v) is 0.935. The van der Waals surface area contributed by atoms with Crippen LogP contribution >= 0.6 is 0 Å². The first-order chi connectivity index (χ1) is 8.02. The first-order valence-electron chi connectivity index (χ1n) is 5.35. The molecule has 1 aromatic rings. The van der Waals surface area contributed by atoms with Crippen LogP contribution in [0.2, 0.25) is 0 Å². The molecule has 0 atom stereocenters. The lowest BCUT2D eigenvalue weighted by Crippen LogP contribution is -2.21. The maximum atomic E-state index is 11.3. The van der Waals surface area contributed by atoms with E-state index in [1.54, 1.807) is 33.2 Å². The number of ether oxygens (including phenoxy) is 2. The topological polar surface area (TPSA) is 38.8 Å². The lowest BCUT2D eigenvalue weighted by Gasteiger charge is -2.08. The Hall–Kier alpha value is -1.39. The van der Waals surface area contributed by atoms with E-state index in [1.807, 2.05) is 37.3 Å². The van der Waals surface area contributed by atoms with E-state index in [-0.39, 0.29) is 12.2 Å². The predicted octanol–water partition coefficient (Wildman–Crippen LogP) is 2.01. The maximum Gasteiger partial charge on any atom is 0.253 e. The van der Waals surface area contributed by atoms with Gasteiger partial charge >= 0.3 is 0 Å². The molecular formula is C13H21NO3. The summed E-state index contributed by atoms with van der Waals surface area (Å²) in [5.74, 6) is 0.0469. The summed E-state index contributed by atoms with van der Waals surface area (Å²) in [6.45, 7) is 1.83. The van der Waals surface area contributed by atoms with Crippen molar-refractivity contribution in [3.05, 3.63) is 35.9 Å². The van der Waals surface area contributed by atoms with Crippen LogP contribution in [-0.4, -0.2) is 45.4 Å². The summed E-state index contributed by atoms with van der Waals surface area (Å²) in [7, 11) is 6.70. The molecule has 0 aliphatic rings. The van der Waals surface area contributed by atoms with E-state index < -0.39 is 0 Å². The van der Waals surface area contributed by atoms with Gasteiger partial charge in [-0.3, -0.25) is 4.79 Å². The zero-order valence-electron chi connectivity index (χ0n) is 11.1. The summed E-state index contributed by atoms with van der Waals surface area (Å²) in [5.41, 5.74) is 0.734. The molecule has 4 heteroatoms. The highest BCUT2D eigenvalue weighted by atomic mass is 16.7. The van der Waals surface area contributed by atoms with Crippen molar-refractivity contribution in [2.75, 3.05) is 28.3 Å². The van der Waals surface area contributed by atoms with E-state index in [0.29, 0.717) is 0 Å². The Balaban J connectivity index is 0.000000366. The van der Waals surface area contributed by atoms with Crippen molar-refractivity contribution in [1.82, 2.24) is 4.90 Å². The van der Waals surface area contributed by atoms with Gasteiger partial charge in [0.2, 0.25) is 0 Å². The fraction of sp³-hybridized carbons (Fsp3) is 0.462. The molecule has 1 amide bonds. The Kier molecular flexibility index (Phi) is 8.01. The second-order valence-corrected chi connectivity index (χ2v) is 3.60. The summed E-state index contributed by atoms with van der Waals surface area (Å²) >= 11 is 0. The number of carbonyl (C=O) groups excluding carboxylic acids is 1. The second-order valence-electron chi connectivity index (χ2n) is 3.60. The first-order valence-corrected chi connectivity index (χ1v) is 5.35. The highest BCUT2D eigenvalue weighted by Crippen LogP contribution is 2.00. The zero-order chi connectivity index (χ0) is 13.3. The van der Waals surface area contributed by atoms with Gasteiger partial charge in [-0.15, -0.1) is 0 Å². The third-order valence-electron chi connectivity index (χ3n) is 2.09. The Labute approximate surface area is 103 Å². The van der Waals surface area contributed by atoms with Crippen molar-refractivity contribution in [3.8, 4) is 0 Å². The molecule has 0 aromatic heterocycles. The van der Waals surface area contributed by atoms with Crippen LogP contribution in [0.1, 0.15) is 17.3 Å². The Morgan fingerprint density at radius 2 is 1.59 bits per heavy atom. The van der Waals surface area contributed by atoms with Gasteiger partial charge in [-0.05, 0) is 19.1 Å². The third kappa shape index (κ3) is 6.71. The van der Waals surface area contributed by atoms with E-state index in [4.69, 9.17) is 0 Å². The van der Waals surface area contributed by atoms with E-state index in [1.165, 1.54) is 0 Å². The van der Waals surface area contributed by atoms with Crippen molar-refractivity contribution in [2.45, 2.75) is 13.2 Å². The van der Waals surface area contributed by atoms with E-state index in [0.717, 1.165) is 5.56 Å². The van der Waals surface area contributed by atoms with Crippen molar-refractivity contribution < 1.29 is 14.3 Å². The Morgan fingerprint density at radius 1 is 1.12 bits per heavy atom. The van der Waals surface area contributed by atoms with Gasteiger partial charge in [0.15, 0.2) is 6.29 Å². The van der Waals surface area contributed by atoms with Crippen LogP contribution in [-0.2, 0) is 9.47 Å². The number of carbonyl (C=O) groups is 1. The monoisotopic (exact) mass is 239 g/mol. The van der Waals surface area contributed by atoms with E-state index in [9.17, 15) is 4.79 Å². The molecule has 0 aliphatic heterocycles. The van der Waals surface area contributed by atoms with Crippen LogP contribution in [0.5, 0.6) is 0 Å². The van der Waals surface area contributed by atoms with Crippen LogP contribution in [0.15, 0.2) is 30.3 Å². The molecule has 0 radical (unpaired) electrons. The number of benzene rings is 1. The van der Waals surface area contributed by atoms with Gasteiger partial charge in [-0.25, -0.2) is 0 Å². The molecule has 0 heterocycles. The number of hydrogen-bond acceptors (Lipinski definition) is 3. The normalized spacial score (nSPS) is 9.53. The number of amides is 1. The fourth-order valence-electron chi connectivity index (χ4n) is 0.935. The van der Waals surface area contributed by atoms with Crippen molar-refractivity contribution in [1.29, 1.82) is 0 Å². The lowest BCUT2D eigenvalue weighted by molar-refractivity contribution is -0.0877. The standard InChI is InChI=1S/C9H11NO.C4H10O2/c1-10(2)9(11)8-6-4-3-5-7-8;1-4(5-2)6-3/h3-7H,1-2H3;4H,1-3H3. The quantitative estimate of drug-likeness (QED) is 0.757. The van der Waals surface area contributed by atoms with Gasteiger partial charge in [-0.2, -0.15) is 0 Å². The summed E-state index contributed by atoms with van der Waals surface area (Å²) in [4.78, 5) is 12.8. The smallest absolute Gasteiger partial charge is 0.253 e. The molecule has 0 unspecified atom stereocenters. The first kappa shape index (κ1) is 15.6. The molecule has 0 saturated carbocycles. The Morgan fingerprint density at radius 3 is 1.88 bits per heavy atom. The van der Waals surface area contributed by atoms with Crippen LogP contribution in [0.4, 0.5) is 0 Å². The van der Waals surface area contributed by atoms with E-state index >= 15 is 0 Å². The average Bonchev–Trinajstić information content (AvgIpc) is 2.38. The minimum absolute atomic E-state index is 0.0469. The number of methoxy groups -OCH3 is 2. The molecule has 0 N–H and O–H groups in total. The van der Waals surface area contributed by atoms with E-state index in [2.05, 4.69) is 9.47 Å². The molecule has 0 fully saturated rings. The van der Waals surface area contributed by atoms with Crippen molar-refractivity contribution >= 4 is 5.91 Å². The van der Waals surface area contributed by atoms with Gasteiger partial charge in [0, 0.05) is 33.9 Å². The molecular weight excluding hydrogens is 218 g/mol. The van der Waals surface area contributed by atoms with Gasteiger partial charge in [-0.1, -0.05) is 18.2 Å². The lowest BCUT2D eigenvalue weighted by atomic mass is 10.2. The summed E-state index contributed by atoms with van der Waals surface area (Å²) < 4.78 is 9.35. The zero-order valence-corrected chi connectivity index (χ0v) is 11.1. The molecule has 0 saturated heterocycles. The summed E-state index contributed by atoms with van der Waals surface area (Å²) in [6.07, 6.45) is -0.0648. The number of nitrogens with zero attached hydrogens (tertiary/aromatic N) is 1. The average molecular weight is 239 g/mol. The minimum atomic E-state index is -0.0648. The van der Waals surface area contributed by atoms with Crippen molar-refractivity contribution in [2.24, 2.45) is 0 Å². The van der Waals surface area contributed by atoms with Gasteiger partial charge in [0.1, 0.15) is 0 Å². The van der Waals surface area contributed by atoms with Crippen LogP contribution in [0.25, 0.3) is 0 Å². The molecule has 96 valence electrons. The van der Waals surface area contributed by atoms with Crippen molar-refractivity contribution in [3.63, 3.8) is 0 Å². The van der Waals surface area contributed by atoms with Crippen LogP contribution < -0.4 is 0 Å². The molecule has 4 nitrogen and oxygen atoms in total. The molecule has 17 heavy (non-hydrogen) atoms. The third-order valence-corrected chi connectivity index (χ3v) is 2.09. The van der Waals surface area contributed by atoms with Crippen LogP contribution in [0, 0.1) is 0 Å². The number of hydrogen-bond donors (Lipinski definition) is 0. The Bertz CT molecular complexity index is 308. The summed E-state index contributed by atoms with van der Waals surface area (Å²) in [5, 5.41) is 0. The molecule has 0 aliphatic carbocycles. The predicted molar refractivity (Wildman–Crippen MR) is 67.9 cm³/mol. The van der Waals surface area contributed by atoms with Gasteiger partial charge < -0.3 is 14.4 Å². The minimum Gasteiger partial charge on any atom is -0.356 e. The molecule has 0 spiro atoms. The van der Waals surface area contributed by atoms with Gasteiger partial charge in [0.05, 0.1) is 0 Å². The van der Waals surface area contributed by atoms with Crippen LogP contribution in [0.3, 0.4) is 0 Å². The molecule has 0 bridgehead atoms. The van der Waals surface area contributed by atoms with Gasteiger partial charge in [0.25, 0.3) is 5.91 Å². The molecule has 1 rings (SSSR count). The second kappa shape index (κ2) is 8.73. The highest BCUT2D eigenvalue weighted by molar-refractivity contribution is 5.93.